The molecule has 1 aliphatic rings. The monoisotopic (exact) mass is 547 g/mol. The van der Waals surface area contributed by atoms with Gasteiger partial charge in [0, 0.05) is 42.7 Å². The van der Waals surface area contributed by atoms with Crippen LogP contribution in [0.2, 0.25) is 10.0 Å². The van der Waals surface area contributed by atoms with Crippen LogP contribution in [0.1, 0.15) is 18.6 Å². The number of halogens is 2. The van der Waals surface area contributed by atoms with Gasteiger partial charge in [0.1, 0.15) is 33.1 Å². The largest absolute Gasteiger partial charge is 0.486 e. The first-order valence-electron chi connectivity index (χ1n) is 11.0. The second-order valence-corrected chi connectivity index (χ2v) is 12.1. The van der Waals surface area contributed by atoms with Crippen LogP contribution in [0.4, 0.5) is 5.82 Å². The molecule has 1 aromatic carbocycles. The van der Waals surface area contributed by atoms with Crippen molar-refractivity contribution in [2.75, 3.05) is 30.0 Å². The Morgan fingerprint density at radius 2 is 1.89 bits per heavy atom. The summed E-state index contributed by atoms with van der Waals surface area (Å²) in [5, 5.41) is 17.7. The summed E-state index contributed by atoms with van der Waals surface area (Å²) >= 11 is 12.5. The Labute approximate surface area is 217 Å². The highest BCUT2D eigenvalue weighted by molar-refractivity contribution is 7.90. The van der Waals surface area contributed by atoms with Gasteiger partial charge in [0.25, 0.3) is 0 Å². The summed E-state index contributed by atoms with van der Waals surface area (Å²) in [5.74, 6) is 1.16. The molecule has 5 rings (SSSR count). The summed E-state index contributed by atoms with van der Waals surface area (Å²) in [6, 6.07) is 9.20. The number of ether oxygens (including phenoxy) is 1. The number of sulfone groups is 1. The van der Waals surface area contributed by atoms with E-state index < -0.39 is 21.5 Å². The van der Waals surface area contributed by atoms with Crippen molar-refractivity contribution in [3.63, 3.8) is 0 Å². The van der Waals surface area contributed by atoms with Gasteiger partial charge in [0.15, 0.2) is 5.82 Å². The molecule has 0 spiro atoms. The van der Waals surface area contributed by atoms with Gasteiger partial charge in [-0.1, -0.05) is 23.2 Å². The topological polar surface area (TPSA) is 140 Å². The number of benzene rings is 1. The zero-order chi connectivity index (χ0) is 25.7. The van der Waals surface area contributed by atoms with Gasteiger partial charge in [-0.2, -0.15) is 5.10 Å². The van der Waals surface area contributed by atoms with Crippen molar-refractivity contribution in [3.05, 3.63) is 58.3 Å². The summed E-state index contributed by atoms with van der Waals surface area (Å²) < 4.78 is 29.3. The van der Waals surface area contributed by atoms with E-state index in [1.54, 1.807) is 0 Å². The molecule has 0 radical (unpaired) electrons. The second-order valence-electron chi connectivity index (χ2n) is 9.12. The summed E-state index contributed by atoms with van der Waals surface area (Å²) in [6.07, 6.45) is 3.84. The number of aromatic nitrogens is 5. The van der Waals surface area contributed by atoms with Gasteiger partial charge in [-0.25, -0.2) is 8.42 Å². The Hall–Kier alpha value is -2.99. The number of H-pyrrole nitrogens is 1. The van der Waals surface area contributed by atoms with Gasteiger partial charge in [-0.15, -0.1) is 10.2 Å². The van der Waals surface area contributed by atoms with E-state index >= 15 is 0 Å². The van der Waals surface area contributed by atoms with Crippen LogP contribution in [0, 0.1) is 0 Å². The third-order valence-corrected chi connectivity index (χ3v) is 7.62. The van der Waals surface area contributed by atoms with Crippen LogP contribution < -0.4 is 15.4 Å². The molecule has 0 unspecified atom stereocenters. The zero-order valence-electron chi connectivity index (χ0n) is 19.4. The molecule has 1 atom stereocenters. The van der Waals surface area contributed by atoms with Crippen LogP contribution in [0.3, 0.4) is 0 Å². The highest BCUT2D eigenvalue weighted by Crippen LogP contribution is 2.35. The Morgan fingerprint density at radius 1 is 1.17 bits per heavy atom. The third kappa shape index (κ3) is 4.96. The molecule has 4 heterocycles. The van der Waals surface area contributed by atoms with Gasteiger partial charge in [-0.3, -0.25) is 10.1 Å². The molecule has 3 aromatic heterocycles. The molecule has 1 fully saturated rings. The number of nitrogens with two attached hydrogens (primary N) is 1. The van der Waals surface area contributed by atoms with Crippen molar-refractivity contribution in [3.8, 4) is 17.1 Å². The Morgan fingerprint density at radius 3 is 2.53 bits per heavy atom. The van der Waals surface area contributed by atoms with Crippen LogP contribution in [-0.2, 0) is 9.84 Å². The number of nitrogens with zero attached hydrogens (tertiary/aromatic N) is 5. The smallest absolute Gasteiger partial charge is 0.151 e. The number of hydrogen-bond acceptors (Lipinski definition) is 9. The number of anilines is 1. The van der Waals surface area contributed by atoms with Crippen molar-refractivity contribution in [2.45, 2.75) is 18.6 Å². The third-order valence-electron chi connectivity index (χ3n) is 5.92. The number of hydrogen-bond donors (Lipinski definition) is 2. The summed E-state index contributed by atoms with van der Waals surface area (Å²) in [4.78, 5) is 5.88. The molecule has 10 nitrogen and oxygen atoms in total. The number of fused-ring (bicyclic) bond motifs is 1. The Balaban J connectivity index is 1.34. The molecule has 4 aromatic rings. The Kier molecular flexibility index (Phi) is 6.27. The lowest BCUT2D eigenvalue weighted by atomic mass is 9.93. The van der Waals surface area contributed by atoms with Crippen LogP contribution in [0.25, 0.3) is 22.3 Å². The second kappa shape index (κ2) is 9.15. The first kappa shape index (κ1) is 24.7. The molecule has 0 aliphatic carbocycles. The minimum absolute atomic E-state index is 0.0656. The molecule has 1 aliphatic heterocycles. The molecule has 13 heteroatoms. The normalized spacial score (nSPS) is 16.1. The van der Waals surface area contributed by atoms with E-state index in [0.717, 1.165) is 10.9 Å². The van der Waals surface area contributed by atoms with E-state index in [0.29, 0.717) is 51.7 Å². The maximum Gasteiger partial charge on any atom is 0.151 e. The highest BCUT2D eigenvalue weighted by atomic mass is 35.5. The van der Waals surface area contributed by atoms with Crippen LogP contribution in [0.15, 0.2) is 42.7 Å². The standard InChI is InChI=1S/C23H23Cl2N7O3S/c1-13(21-16(24)8-27-9-17(21)25)35-14-3-4-18-15(7-14)22(31-28-18)19-5-6-20(30-29-19)32-10-23(26,11-32)12-36(2,33)34/h3-9,13H,10-12,26H2,1-2H3,(H,28,31)/t13-/m1/s1. The summed E-state index contributed by atoms with van der Waals surface area (Å²) in [5.41, 5.74) is 8.07. The molecule has 0 amide bonds. The molecule has 1 saturated heterocycles. The van der Waals surface area contributed by atoms with Gasteiger partial charge < -0.3 is 15.4 Å². The van der Waals surface area contributed by atoms with Crippen LogP contribution in [0.5, 0.6) is 5.75 Å². The molecule has 3 N–H and O–H groups in total. The predicted molar refractivity (Wildman–Crippen MR) is 139 cm³/mol. The highest BCUT2D eigenvalue weighted by Gasteiger charge is 2.42. The van der Waals surface area contributed by atoms with Crippen LogP contribution >= 0.6 is 23.2 Å². The predicted octanol–water partition coefficient (Wildman–Crippen LogP) is 3.42. The fourth-order valence-corrected chi connectivity index (χ4v) is 6.34. The van der Waals surface area contributed by atoms with E-state index in [4.69, 9.17) is 33.7 Å². The minimum Gasteiger partial charge on any atom is -0.486 e. The lowest BCUT2D eigenvalue weighted by Crippen LogP contribution is -2.70. The SMILES string of the molecule is C[C@@H](Oc1ccc2[nH]nc(-c3ccc(N4CC(N)(CS(C)(=O)=O)C4)nn3)c2c1)c1c(Cl)cncc1Cl. The van der Waals surface area contributed by atoms with E-state index in [1.165, 1.54) is 18.6 Å². The lowest BCUT2D eigenvalue weighted by Gasteiger charge is -2.47. The van der Waals surface area contributed by atoms with Crippen molar-refractivity contribution < 1.29 is 13.2 Å². The fraction of sp³-hybridized carbons (Fsp3) is 0.304. The molecule has 188 valence electrons. The Bertz CT molecular complexity index is 1520. The molecular formula is C23H23Cl2N7O3S. The van der Waals surface area contributed by atoms with Crippen molar-refractivity contribution >= 4 is 49.8 Å². The maximum atomic E-state index is 11.6. The number of aromatic amines is 1. The van der Waals surface area contributed by atoms with Crippen molar-refractivity contribution in [1.82, 2.24) is 25.4 Å². The van der Waals surface area contributed by atoms with Crippen molar-refractivity contribution in [1.29, 1.82) is 0 Å². The van der Waals surface area contributed by atoms with E-state index in [2.05, 4.69) is 25.4 Å². The van der Waals surface area contributed by atoms with Crippen LogP contribution in [-0.4, -0.2) is 64.4 Å². The average Bonchev–Trinajstić information content (AvgIpc) is 3.19. The van der Waals surface area contributed by atoms with Crippen molar-refractivity contribution in [2.24, 2.45) is 5.73 Å². The summed E-state index contributed by atoms with van der Waals surface area (Å²) in [6.45, 7) is 2.65. The van der Waals surface area contributed by atoms with Gasteiger partial charge in [0.2, 0.25) is 0 Å². The number of nitrogens with one attached hydrogen (secondary N) is 1. The minimum atomic E-state index is -3.16. The van der Waals surface area contributed by atoms with Gasteiger partial charge in [-0.05, 0) is 37.3 Å². The lowest BCUT2D eigenvalue weighted by molar-refractivity contribution is 0.227. The average molecular weight is 548 g/mol. The van der Waals surface area contributed by atoms with E-state index in [9.17, 15) is 8.42 Å². The number of rotatable bonds is 7. The first-order chi connectivity index (χ1) is 17.0. The molecule has 0 bridgehead atoms. The van der Waals surface area contributed by atoms with E-state index in [-0.39, 0.29) is 5.75 Å². The molecule has 0 saturated carbocycles. The summed E-state index contributed by atoms with van der Waals surface area (Å²) in [7, 11) is -3.16. The zero-order valence-corrected chi connectivity index (χ0v) is 21.8. The van der Waals surface area contributed by atoms with Gasteiger partial charge >= 0.3 is 0 Å². The number of pyridine rings is 1. The fourth-order valence-electron chi connectivity index (χ4n) is 4.44. The van der Waals surface area contributed by atoms with E-state index in [1.807, 2.05) is 42.2 Å². The quantitative estimate of drug-likeness (QED) is 0.356. The first-order valence-corrected chi connectivity index (χ1v) is 13.8. The maximum absolute atomic E-state index is 11.6. The molecule has 36 heavy (non-hydrogen) atoms. The molecular weight excluding hydrogens is 525 g/mol. The van der Waals surface area contributed by atoms with Gasteiger partial charge in [0.05, 0.1) is 26.9 Å².